The molecule has 0 saturated carbocycles. The Kier molecular flexibility index (Phi) is 5.29. The zero-order valence-corrected chi connectivity index (χ0v) is 13.0. The van der Waals surface area contributed by atoms with E-state index in [1.165, 1.54) is 6.92 Å². The Bertz CT molecular complexity index is 640. The second-order valence-electron chi connectivity index (χ2n) is 4.77. The summed E-state index contributed by atoms with van der Waals surface area (Å²) in [5.74, 6) is 1.31. The molecule has 0 saturated heterocycles. The van der Waals surface area contributed by atoms with Crippen molar-refractivity contribution in [2.45, 2.75) is 33.4 Å². The molecule has 8 heteroatoms. The molecule has 1 aromatic heterocycles. The summed E-state index contributed by atoms with van der Waals surface area (Å²) in [6.07, 6.45) is 0.958. The van der Waals surface area contributed by atoms with Gasteiger partial charge in [-0.05, 0) is 35.0 Å². The molecule has 0 unspecified atom stereocenters. The molecule has 0 spiro atoms. The summed E-state index contributed by atoms with van der Waals surface area (Å²) in [5, 5.41) is 17.6. The quantitative estimate of drug-likeness (QED) is 0.808. The van der Waals surface area contributed by atoms with Gasteiger partial charge < -0.3 is 15.4 Å². The van der Waals surface area contributed by atoms with Crippen LogP contribution in [0.1, 0.15) is 26.1 Å². The number of benzene rings is 1. The van der Waals surface area contributed by atoms with Crippen LogP contribution in [0.5, 0.6) is 5.75 Å². The van der Waals surface area contributed by atoms with E-state index < -0.39 is 0 Å². The molecule has 0 radical (unpaired) electrons. The van der Waals surface area contributed by atoms with Gasteiger partial charge in [-0.25, -0.2) is 4.68 Å². The van der Waals surface area contributed by atoms with Crippen LogP contribution in [0.15, 0.2) is 18.2 Å². The summed E-state index contributed by atoms with van der Waals surface area (Å²) in [6.45, 7) is 4.77. The average Bonchev–Trinajstić information content (AvgIpc) is 2.92. The number of nitrogens with one attached hydrogen (secondary N) is 2. The Morgan fingerprint density at radius 2 is 2.23 bits per heavy atom. The number of methoxy groups -OCH3 is 1. The summed E-state index contributed by atoms with van der Waals surface area (Å²) < 4.78 is 7.08. The second-order valence-corrected chi connectivity index (χ2v) is 4.77. The van der Waals surface area contributed by atoms with Crippen molar-refractivity contribution in [3.8, 4) is 5.75 Å². The number of ether oxygens (including phenoxy) is 1. The number of aryl methyl sites for hydroxylation is 1. The van der Waals surface area contributed by atoms with E-state index >= 15 is 0 Å². The van der Waals surface area contributed by atoms with Gasteiger partial charge in [0.2, 0.25) is 5.91 Å². The normalized spacial score (nSPS) is 10.3. The minimum atomic E-state index is -0.122. The number of carbonyl (C=O) groups is 1. The van der Waals surface area contributed by atoms with E-state index in [-0.39, 0.29) is 5.91 Å². The van der Waals surface area contributed by atoms with Crippen molar-refractivity contribution >= 4 is 17.3 Å². The summed E-state index contributed by atoms with van der Waals surface area (Å²) in [7, 11) is 1.60. The van der Waals surface area contributed by atoms with Crippen molar-refractivity contribution in [3.05, 3.63) is 24.0 Å². The third-order valence-electron chi connectivity index (χ3n) is 3.00. The summed E-state index contributed by atoms with van der Waals surface area (Å²) in [5.41, 5.74) is 1.46. The first-order valence-electron chi connectivity index (χ1n) is 7.08. The van der Waals surface area contributed by atoms with Crippen LogP contribution in [0.4, 0.5) is 11.4 Å². The molecule has 2 N–H and O–H groups in total. The fourth-order valence-electron chi connectivity index (χ4n) is 2.04. The first-order valence-corrected chi connectivity index (χ1v) is 7.08. The van der Waals surface area contributed by atoms with Gasteiger partial charge in [-0.15, -0.1) is 5.10 Å². The number of hydrogen-bond acceptors (Lipinski definition) is 6. The Morgan fingerprint density at radius 3 is 2.91 bits per heavy atom. The lowest BCUT2D eigenvalue weighted by atomic mass is 10.2. The van der Waals surface area contributed by atoms with Gasteiger partial charge >= 0.3 is 0 Å². The van der Waals surface area contributed by atoms with Gasteiger partial charge in [0.15, 0.2) is 5.82 Å². The lowest BCUT2D eigenvalue weighted by molar-refractivity contribution is -0.114. The van der Waals surface area contributed by atoms with Crippen LogP contribution in [0.2, 0.25) is 0 Å². The number of tetrazole rings is 1. The predicted octanol–water partition coefficient (Wildman–Crippen LogP) is 1.66. The van der Waals surface area contributed by atoms with Gasteiger partial charge in [0.05, 0.1) is 19.3 Å². The first kappa shape index (κ1) is 15.7. The molecule has 1 aromatic carbocycles. The summed E-state index contributed by atoms with van der Waals surface area (Å²) >= 11 is 0. The number of nitrogens with zero attached hydrogens (tertiary/aromatic N) is 4. The van der Waals surface area contributed by atoms with Gasteiger partial charge in [-0.3, -0.25) is 4.79 Å². The van der Waals surface area contributed by atoms with Crippen LogP contribution in [0.3, 0.4) is 0 Å². The molecule has 1 heterocycles. The maximum absolute atomic E-state index is 11.1. The standard InChI is InChI=1S/C14H20N6O2/c1-4-7-20-14(17-18-19-20)9-15-12-8-11(16-10(2)21)5-6-13(12)22-3/h5-6,8,15H,4,7,9H2,1-3H3,(H,16,21). The van der Waals surface area contributed by atoms with E-state index in [0.29, 0.717) is 18.0 Å². The lowest BCUT2D eigenvalue weighted by Crippen LogP contribution is -2.11. The van der Waals surface area contributed by atoms with Gasteiger partial charge in [0.25, 0.3) is 0 Å². The number of amides is 1. The second kappa shape index (κ2) is 7.39. The Hall–Kier alpha value is -2.64. The van der Waals surface area contributed by atoms with Crippen molar-refractivity contribution in [1.29, 1.82) is 0 Å². The predicted molar refractivity (Wildman–Crippen MR) is 82.7 cm³/mol. The number of aromatic nitrogens is 4. The lowest BCUT2D eigenvalue weighted by Gasteiger charge is -2.13. The van der Waals surface area contributed by atoms with Gasteiger partial charge in [0.1, 0.15) is 5.75 Å². The fraction of sp³-hybridized carbons (Fsp3) is 0.429. The number of hydrogen-bond donors (Lipinski definition) is 2. The largest absolute Gasteiger partial charge is 0.495 e. The highest BCUT2D eigenvalue weighted by Gasteiger charge is 2.09. The molecule has 22 heavy (non-hydrogen) atoms. The summed E-state index contributed by atoms with van der Waals surface area (Å²) in [6, 6.07) is 5.39. The molecular formula is C14H20N6O2. The molecule has 8 nitrogen and oxygen atoms in total. The van der Waals surface area contributed by atoms with Gasteiger partial charge in [0, 0.05) is 19.2 Å². The maximum Gasteiger partial charge on any atom is 0.221 e. The van der Waals surface area contributed by atoms with Gasteiger partial charge in [-0.1, -0.05) is 6.92 Å². The molecule has 1 amide bonds. The van der Waals surface area contributed by atoms with E-state index in [9.17, 15) is 4.79 Å². The Labute approximate surface area is 128 Å². The minimum Gasteiger partial charge on any atom is -0.495 e. The van der Waals surface area contributed by atoms with Crippen molar-refractivity contribution in [1.82, 2.24) is 20.2 Å². The third-order valence-corrected chi connectivity index (χ3v) is 3.00. The molecule has 0 aliphatic rings. The first-order chi connectivity index (χ1) is 10.6. The van der Waals surface area contributed by atoms with Crippen LogP contribution in [-0.4, -0.2) is 33.2 Å². The molecule has 0 bridgehead atoms. The highest BCUT2D eigenvalue weighted by atomic mass is 16.5. The Balaban J connectivity index is 2.13. The molecule has 0 atom stereocenters. The SMILES string of the molecule is CCCn1nnnc1CNc1cc(NC(C)=O)ccc1OC. The van der Waals surface area contributed by atoms with Crippen molar-refractivity contribution in [3.63, 3.8) is 0 Å². The topological polar surface area (TPSA) is 94.0 Å². The van der Waals surface area contributed by atoms with Crippen molar-refractivity contribution in [2.24, 2.45) is 0 Å². The van der Waals surface area contributed by atoms with E-state index in [1.807, 2.05) is 6.07 Å². The smallest absolute Gasteiger partial charge is 0.221 e. The third kappa shape index (κ3) is 3.94. The van der Waals surface area contributed by atoms with E-state index in [4.69, 9.17) is 4.74 Å². The number of carbonyl (C=O) groups excluding carboxylic acids is 1. The fourth-order valence-corrected chi connectivity index (χ4v) is 2.04. The monoisotopic (exact) mass is 304 g/mol. The molecule has 2 rings (SSSR count). The minimum absolute atomic E-state index is 0.122. The molecule has 0 aliphatic carbocycles. The van der Waals surface area contributed by atoms with Gasteiger partial charge in [-0.2, -0.15) is 0 Å². The maximum atomic E-state index is 11.1. The highest BCUT2D eigenvalue weighted by molar-refractivity contribution is 5.89. The molecule has 0 aliphatic heterocycles. The van der Waals surface area contributed by atoms with Crippen LogP contribution in [0.25, 0.3) is 0 Å². The van der Waals surface area contributed by atoms with E-state index in [2.05, 4.69) is 33.1 Å². The van der Waals surface area contributed by atoms with Crippen molar-refractivity contribution < 1.29 is 9.53 Å². The zero-order chi connectivity index (χ0) is 15.9. The van der Waals surface area contributed by atoms with Crippen LogP contribution >= 0.6 is 0 Å². The van der Waals surface area contributed by atoms with Crippen molar-refractivity contribution in [2.75, 3.05) is 17.7 Å². The highest BCUT2D eigenvalue weighted by Crippen LogP contribution is 2.28. The average molecular weight is 304 g/mol. The molecular weight excluding hydrogens is 284 g/mol. The summed E-state index contributed by atoms with van der Waals surface area (Å²) in [4.78, 5) is 11.1. The van der Waals surface area contributed by atoms with Crippen LogP contribution in [-0.2, 0) is 17.9 Å². The number of rotatable bonds is 7. The zero-order valence-electron chi connectivity index (χ0n) is 13.0. The van der Waals surface area contributed by atoms with Crippen LogP contribution in [0, 0.1) is 0 Å². The molecule has 0 fully saturated rings. The molecule has 2 aromatic rings. The number of anilines is 2. The Morgan fingerprint density at radius 1 is 1.41 bits per heavy atom. The molecule has 118 valence electrons. The van der Waals surface area contributed by atoms with Crippen LogP contribution < -0.4 is 15.4 Å². The van der Waals surface area contributed by atoms with E-state index in [0.717, 1.165) is 24.5 Å². The van der Waals surface area contributed by atoms with E-state index in [1.54, 1.807) is 23.9 Å².